The van der Waals surface area contributed by atoms with E-state index in [4.69, 9.17) is 0 Å². The molecule has 90 valence electrons. The zero-order valence-electron chi connectivity index (χ0n) is 10.7. The molecular weight excluding hydrogens is 198 g/mol. The van der Waals surface area contributed by atoms with E-state index >= 15 is 0 Å². The molecule has 0 saturated carbocycles. The van der Waals surface area contributed by atoms with Gasteiger partial charge in [-0.1, -0.05) is 26.0 Å². The lowest BCUT2D eigenvalue weighted by Crippen LogP contribution is -2.35. The molecule has 0 aliphatic heterocycles. The third-order valence-electron chi connectivity index (χ3n) is 3.36. The second kappa shape index (κ2) is 5.90. The van der Waals surface area contributed by atoms with Crippen LogP contribution in [0.1, 0.15) is 26.3 Å². The molecule has 2 atom stereocenters. The van der Waals surface area contributed by atoms with E-state index in [2.05, 4.69) is 26.1 Å². The SMILES string of the molecule is CNC(C)C(Cc1ccc(O)cc1)C(C)C. The van der Waals surface area contributed by atoms with Crippen LogP contribution in [0.4, 0.5) is 0 Å². The zero-order valence-corrected chi connectivity index (χ0v) is 10.7. The summed E-state index contributed by atoms with van der Waals surface area (Å²) in [5.74, 6) is 1.61. The van der Waals surface area contributed by atoms with E-state index in [1.54, 1.807) is 12.1 Å². The maximum Gasteiger partial charge on any atom is 0.115 e. The minimum Gasteiger partial charge on any atom is -0.508 e. The highest BCUT2D eigenvalue weighted by atomic mass is 16.3. The van der Waals surface area contributed by atoms with Crippen LogP contribution in [0, 0.1) is 11.8 Å². The second-order valence-electron chi connectivity index (χ2n) is 4.86. The molecule has 2 unspecified atom stereocenters. The van der Waals surface area contributed by atoms with Gasteiger partial charge in [0.15, 0.2) is 0 Å². The fraction of sp³-hybridized carbons (Fsp3) is 0.571. The van der Waals surface area contributed by atoms with Crippen LogP contribution in [0.2, 0.25) is 0 Å². The first-order valence-electron chi connectivity index (χ1n) is 5.99. The lowest BCUT2D eigenvalue weighted by atomic mass is 9.84. The van der Waals surface area contributed by atoms with Crippen LogP contribution in [0.5, 0.6) is 5.75 Å². The molecule has 1 aromatic rings. The average Bonchev–Trinajstić information content (AvgIpc) is 2.27. The summed E-state index contributed by atoms with van der Waals surface area (Å²) in [5, 5.41) is 12.6. The van der Waals surface area contributed by atoms with Gasteiger partial charge in [0, 0.05) is 6.04 Å². The molecule has 0 spiro atoms. The van der Waals surface area contributed by atoms with E-state index in [0.29, 0.717) is 23.6 Å². The molecule has 0 aromatic heterocycles. The third-order valence-corrected chi connectivity index (χ3v) is 3.36. The summed E-state index contributed by atoms with van der Waals surface area (Å²) in [4.78, 5) is 0. The number of hydrogen-bond acceptors (Lipinski definition) is 2. The van der Waals surface area contributed by atoms with Gasteiger partial charge >= 0.3 is 0 Å². The summed E-state index contributed by atoms with van der Waals surface area (Å²) in [6.07, 6.45) is 1.06. The Bertz CT molecular complexity index is 305. The van der Waals surface area contributed by atoms with Crippen molar-refractivity contribution >= 4 is 0 Å². The Morgan fingerprint density at radius 2 is 1.69 bits per heavy atom. The van der Waals surface area contributed by atoms with Crippen molar-refractivity contribution in [3.63, 3.8) is 0 Å². The van der Waals surface area contributed by atoms with Gasteiger partial charge in [0.1, 0.15) is 5.75 Å². The van der Waals surface area contributed by atoms with Crippen LogP contribution in [-0.4, -0.2) is 18.2 Å². The van der Waals surface area contributed by atoms with Crippen LogP contribution in [0.25, 0.3) is 0 Å². The topological polar surface area (TPSA) is 32.3 Å². The van der Waals surface area contributed by atoms with E-state index < -0.39 is 0 Å². The number of aromatic hydroxyl groups is 1. The highest BCUT2D eigenvalue weighted by Crippen LogP contribution is 2.22. The second-order valence-corrected chi connectivity index (χ2v) is 4.86. The molecule has 16 heavy (non-hydrogen) atoms. The van der Waals surface area contributed by atoms with Gasteiger partial charge in [0.2, 0.25) is 0 Å². The number of hydrogen-bond donors (Lipinski definition) is 2. The maximum atomic E-state index is 9.24. The van der Waals surface area contributed by atoms with Crippen molar-refractivity contribution in [1.29, 1.82) is 0 Å². The minimum absolute atomic E-state index is 0.339. The molecule has 0 heterocycles. The van der Waals surface area contributed by atoms with E-state index in [0.717, 1.165) is 6.42 Å². The Morgan fingerprint density at radius 1 is 1.12 bits per heavy atom. The molecule has 0 amide bonds. The van der Waals surface area contributed by atoms with Gasteiger partial charge in [0.25, 0.3) is 0 Å². The van der Waals surface area contributed by atoms with E-state index in [-0.39, 0.29) is 0 Å². The summed E-state index contributed by atoms with van der Waals surface area (Å²) < 4.78 is 0. The van der Waals surface area contributed by atoms with Gasteiger partial charge in [-0.2, -0.15) is 0 Å². The molecule has 1 rings (SSSR count). The van der Waals surface area contributed by atoms with E-state index in [1.807, 2.05) is 19.2 Å². The van der Waals surface area contributed by atoms with Crippen molar-refractivity contribution in [2.24, 2.45) is 11.8 Å². The van der Waals surface area contributed by atoms with Crippen molar-refractivity contribution in [2.75, 3.05) is 7.05 Å². The molecule has 0 aliphatic rings. The van der Waals surface area contributed by atoms with Gasteiger partial charge in [-0.25, -0.2) is 0 Å². The summed E-state index contributed by atoms with van der Waals surface area (Å²) in [6.45, 7) is 6.75. The fourth-order valence-electron chi connectivity index (χ4n) is 2.11. The smallest absolute Gasteiger partial charge is 0.115 e. The number of benzene rings is 1. The van der Waals surface area contributed by atoms with Gasteiger partial charge in [-0.15, -0.1) is 0 Å². The predicted octanol–water partition coefficient (Wildman–Crippen LogP) is 2.81. The number of phenolic OH excluding ortho intramolecular Hbond substituents is 1. The van der Waals surface area contributed by atoms with Gasteiger partial charge in [-0.3, -0.25) is 0 Å². The summed E-state index contributed by atoms with van der Waals surface area (Å²) in [6, 6.07) is 8.04. The van der Waals surface area contributed by atoms with E-state index in [1.165, 1.54) is 5.56 Å². The number of rotatable bonds is 5. The zero-order chi connectivity index (χ0) is 12.1. The molecule has 0 fully saturated rings. The summed E-state index contributed by atoms with van der Waals surface area (Å²) in [5.41, 5.74) is 1.29. The van der Waals surface area contributed by atoms with E-state index in [9.17, 15) is 5.11 Å². The highest BCUT2D eigenvalue weighted by Gasteiger charge is 2.19. The molecule has 0 saturated heterocycles. The lowest BCUT2D eigenvalue weighted by Gasteiger charge is -2.27. The average molecular weight is 221 g/mol. The first kappa shape index (κ1) is 13.0. The van der Waals surface area contributed by atoms with Crippen LogP contribution in [-0.2, 0) is 6.42 Å². The molecule has 0 radical (unpaired) electrons. The Kier molecular flexibility index (Phi) is 4.81. The van der Waals surface area contributed by atoms with Crippen LogP contribution < -0.4 is 5.32 Å². The Hall–Kier alpha value is -1.02. The molecule has 2 nitrogen and oxygen atoms in total. The van der Waals surface area contributed by atoms with Crippen molar-refractivity contribution < 1.29 is 5.11 Å². The lowest BCUT2D eigenvalue weighted by molar-refractivity contribution is 0.300. The van der Waals surface area contributed by atoms with Crippen LogP contribution in [0.15, 0.2) is 24.3 Å². The maximum absolute atomic E-state index is 9.24. The molecule has 0 bridgehead atoms. The molecular formula is C14H23NO. The molecule has 2 N–H and O–H groups in total. The first-order chi connectivity index (χ1) is 7.54. The molecule has 1 aromatic carbocycles. The standard InChI is InChI=1S/C14H23NO/c1-10(2)14(11(3)15-4)9-12-5-7-13(16)8-6-12/h5-8,10-11,14-16H,9H2,1-4H3. The van der Waals surface area contributed by atoms with Crippen molar-refractivity contribution in [2.45, 2.75) is 33.2 Å². The molecule has 2 heteroatoms. The van der Waals surface area contributed by atoms with Crippen molar-refractivity contribution in [1.82, 2.24) is 5.32 Å². The van der Waals surface area contributed by atoms with Crippen molar-refractivity contribution in [3.05, 3.63) is 29.8 Å². The quantitative estimate of drug-likeness (QED) is 0.801. The van der Waals surface area contributed by atoms with Crippen LogP contribution in [0.3, 0.4) is 0 Å². The number of phenols is 1. The molecule has 0 aliphatic carbocycles. The largest absolute Gasteiger partial charge is 0.508 e. The monoisotopic (exact) mass is 221 g/mol. The third kappa shape index (κ3) is 3.53. The normalized spacial score (nSPS) is 15.1. The summed E-state index contributed by atoms with van der Waals surface area (Å²) in [7, 11) is 2.01. The Morgan fingerprint density at radius 3 is 2.12 bits per heavy atom. The minimum atomic E-state index is 0.339. The number of nitrogens with one attached hydrogen (secondary N) is 1. The first-order valence-corrected chi connectivity index (χ1v) is 5.99. The Balaban J connectivity index is 2.71. The predicted molar refractivity (Wildman–Crippen MR) is 68.7 cm³/mol. The Labute approximate surface area is 98.7 Å². The van der Waals surface area contributed by atoms with Crippen LogP contribution >= 0.6 is 0 Å². The highest BCUT2D eigenvalue weighted by molar-refractivity contribution is 5.26. The van der Waals surface area contributed by atoms with Crippen molar-refractivity contribution in [3.8, 4) is 5.75 Å². The van der Waals surface area contributed by atoms with Gasteiger partial charge in [0.05, 0.1) is 0 Å². The van der Waals surface area contributed by atoms with Gasteiger partial charge in [-0.05, 0) is 49.9 Å². The summed E-state index contributed by atoms with van der Waals surface area (Å²) >= 11 is 0. The van der Waals surface area contributed by atoms with Gasteiger partial charge < -0.3 is 10.4 Å². The fourth-order valence-corrected chi connectivity index (χ4v) is 2.11.